The third-order valence-corrected chi connectivity index (χ3v) is 6.86. The van der Waals surface area contributed by atoms with E-state index in [0.717, 1.165) is 4.90 Å². The van der Waals surface area contributed by atoms with Gasteiger partial charge in [-0.25, -0.2) is 9.59 Å². The number of unbranched alkanes of at least 4 members (excludes halogenated alkanes) is 2. The minimum Gasteiger partial charge on any atom is -0.445 e. The zero-order valence-corrected chi connectivity index (χ0v) is 28.5. The first kappa shape index (κ1) is 39.2. The van der Waals surface area contributed by atoms with Crippen molar-refractivity contribution in [2.45, 2.75) is 91.5 Å². The summed E-state index contributed by atoms with van der Waals surface area (Å²) in [6, 6.07) is 4.84. The Labute approximate surface area is 280 Å². The number of nitrogens with zero attached hydrogens (tertiary/aromatic N) is 1. The van der Waals surface area contributed by atoms with Crippen molar-refractivity contribution in [2.75, 3.05) is 25.0 Å². The average Bonchev–Trinajstić information content (AvgIpc) is 3.32. The number of anilines is 1. The van der Waals surface area contributed by atoms with Crippen molar-refractivity contribution in [3.8, 4) is 0 Å². The van der Waals surface area contributed by atoms with E-state index >= 15 is 0 Å². The van der Waals surface area contributed by atoms with E-state index in [1.54, 1.807) is 58.9 Å². The van der Waals surface area contributed by atoms with Crippen molar-refractivity contribution in [3.05, 3.63) is 42.0 Å². The van der Waals surface area contributed by atoms with Gasteiger partial charge in [0.05, 0.1) is 0 Å². The minimum absolute atomic E-state index is 0.0212. The fourth-order valence-corrected chi connectivity index (χ4v) is 4.31. The summed E-state index contributed by atoms with van der Waals surface area (Å²) in [6.07, 6.45) is 3.10. The van der Waals surface area contributed by atoms with Crippen LogP contribution < -0.4 is 26.6 Å². The maximum Gasteiger partial charge on any atom is 0.407 e. The van der Waals surface area contributed by atoms with Crippen LogP contribution in [0.4, 0.5) is 15.3 Å². The van der Waals surface area contributed by atoms with Gasteiger partial charge in [0.25, 0.3) is 11.8 Å². The Kier molecular flexibility index (Phi) is 15.5. The zero-order chi connectivity index (χ0) is 35.9. The molecule has 1 aliphatic rings. The third-order valence-electron chi connectivity index (χ3n) is 6.86. The molecule has 0 aliphatic carbocycles. The summed E-state index contributed by atoms with van der Waals surface area (Å²) in [6.45, 7) is 10.9. The topological polar surface area (TPSA) is 201 Å². The lowest BCUT2D eigenvalue weighted by Gasteiger charge is -2.24. The second kappa shape index (κ2) is 19.0. The molecule has 1 aromatic carbocycles. The lowest BCUT2D eigenvalue weighted by Crippen LogP contribution is -2.53. The number of rotatable bonds is 17. The Morgan fingerprint density at radius 1 is 0.792 bits per heavy atom. The van der Waals surface area contributed by atoms with Crippen molar-refractivity contribution < 1.29 is 43.0 Å². The van der Waals surface area contributed by atoms with Crippen molar-refractivity contribution in [2.24, 2.45) is 5.92 Å². The highest BCUT2D eigenvalue weighted by atomic mass is 16.6. The van der Waals surface area contributed by atoms with Crippen LogP contribution in [0.25, 0.3) is 0 Å². The van der Waals surface area contributed by atoms with Gasteiger partial charge in [0.1, 0.15) is 24.3 Å². The Morgan fingerprint density at radius 2 is 1.40 bits per heavy atom. The molecule has 7 amide bonds. The normalized spacial score (nSPS) is 13.9. The summed E-state index contributed by atoms with van der Waals surface area (Å²) in [5.74, 6) is -2.18. The predicted octanol–water partition coefficient (Wildman–Crippen LogP) is 2.51. The molecule has 1 heterocycles. The maximum atomic E-state index is 13.0. The van der Waals surface area contributed by atoms with Gasteiger partial charge in [-0.3, -0.25) is 28.9 Å². The summed E-state index contributed by atoms with van der Waals surface area (Å²) in [5.41, 5.74) is 0.512. The number of benzene rings is 1. The molecule has 0 saturated heterocycles. The first-order chi connectivity index (χ1) is 22.6. The lowest BCUT2D eigenvalue weighted by molar-refractivity contribution is -0.137. The molecular formula is C33H48N6O9. The third kappa shape index (κ3) is 14.6. The first-order valence-corrected chi connectivity index (χ1v) is 16.0. The van der Waals surface area contributed by atoms with E-state index in [-0.39, 0.29) is 49.8 Å². The molecule has 0 aromatic heterocycles. The van der Waals surface area contributed by atoms with Crippen molar-refractivity contribution in [3.63, 3.8) is 0 Å². The van der Waals surface area contributed by atoms with Gasteiger partial charge in [0, 0.05) is 43.9 Å². The molecule has 15 nitrogen and oxygen atoms in total. The molecule has 0 saturated carbocycles. The van der Waals surface area contributed by atoms with E-state index < -0.39 is 41.7 Å². The molecule has 5 N–H and O–H groups in total. The standard InChI is InChI=1S/C33H48N6O9/c1-21(2)28(38-25(40)10-8-7-9-19-39-26(41)15-16-27(39)42)30(44)36-22(3)29(43)37-24-13-11-23(12-14-24)20-47-31(45)34-17-18-35-32(46)48-33(4,5)6/h11-16,21-22,28H,7-10,17-20H2,1-6H3,(H,34,45)(H,35,46)(H,36,44)(H,37,43)(H,38,40)/t22-,28-/m0/s1. The van der Waals surface area contributed by atoms with Gasteiger partial charge in [-0.1, -0.05) is 32.4 Å². The van der Waals surface area contributed by atoms with E-state index in [1.807, 2.05) is 0 Å². The number of hydrogen-bond donors (Lipinski definition) is 5. The molecule has 2 rings (SSSR count). The summed E-state index contributed by atoms with van der Waals surface area (Å²) >= 11 is 0. The average molecular weight is 673 g/mol. The highest BCUT2D eigenvalue weighted by Crippen LogP contribution is 2.12. The Bertz CT molecular complexity index is 1320. The molecule has 0 unspecified atom stereocenters. The molecule has 1 aromatic rings. The van der Waals surface area contributed by atoms with Crippen LogP contribution in [0.15, 0.2) is 36.4 Å². The number of ether oxygens (including phenoxy) is 2. The Hall–Kier alpha value is -4.95. The SMILES string of the molecule is CC(C)[C@H](NC(=O)CCCCCN1C(=O)C=CC1=O)C(=O)N[C@@H](C)C(=O)Nc1ccc(COC(=O)NCCNC(=O)OC(C)(C)C)cc1. The van der Waals surface area contributed by atoms with Crippen LogP contribution in [-0.2, 0) is 40.1 Å². The van der Waals surface area contributed by atoms with Crippen LogP contribution in [0.3, 0.4) is 0 Å². The second-order valence-corrected chi connectivity index (χ2v) is 12.6. The highest BCUT2D eigenvalue weighted by Gasteiger charge is 2.27. The monoisotopic (exact) mass is 672 g/mol. The summed E-state index contributed by atoms with van der Waals surface area (Å²) in [7, 11) is 0. The van der Waals surface area contributed by atoms with Gasteiger partial charge in [0.2, 0.25) is 17.7 Å². The molecule has 1 aliphatic heterocycles. The first-order valence-electron chi connectivity index (χ1n) is 16.0. The highest BCUT2D eigenvalue weighted by molar-refractivity contribution is 6.12. The Morgan fingerprint density at radius 3 is 1.98 bits per heavy atom. The fourth-order valence-electron chi connectivity index (χ4n) is 4.31. The van der Waals surface area contributed by atoms with Crippen LogP contribution in [0.1, 0.15) is 72.8 Å². The van der Waals surface area contributed by atoms with Crippen molar-refractivity contribution >= 4 is 47.4 Å². The number of amides is 7. The number of hydrogen-bond acceptors (Lipinski definition) is 9. The van der Waals surface area contributed by atoms with E-state index in [4.69, 9.17) is 9.47 Å². The van der Waals surface area contributed by atoms with Gasteiger partial charge in [-0.15, -0.1) is 0 Å². The number of nitrogens with one attached hydrogen (secondary N) is 5. The molecule has 264 valence electrons. The van der Waals surface area contributed by atoms with E-state index in [0.29, 0.717) is 37.1 Å². The van der Waals surface area contributed by atoms with E-state index in [2.05, 4.69) is 26.6 Å². The number of carbonyl (C=O) groups excluding carboxylic acids is 7. The predicted molar refractivity (Wildman–Crippen MR) is 176 cm³/mol. The Balaban J connectivity index is 1.69. The molecular weight excluding hydrogens is 624 g/mol. The lowest BCUT2D eigenvalue weighted by atomic mass is 10.0. The van der Waals surface area contributed by atoms with Crippen LogP contribution in [0, 0.1) is 5.92 Å². The molecule has 0 fully saturated rings. The molecule has 0 bridgehead atoms. The molecule has 15 heteroatoms. The number of imide groups is 1. The molecule has 0 spiro atoms. The molecule has 2 atom stereocenters. The van der Waals surface area contributed by atoms with Crippen molar-refractivity contribution in [1.82, 2.24) is 26.2 Å². The van der Waals surface area contributed by atoms with Gasteiger partial charge >= 0.3 is 12.2 Å². The van der Waals surface area contributed by atoms with Crippen molar-refractivity contribution in [1.29, 1.82) is 0 Å². The summed E-state index contributed by atoms with van der Waals surface area (Å²) < 4.78 is 10.3. The van der Waals surface area contributed by atoms with E-state index in [1.165, 1.54) is 19.1 Å². The van der Waals surface area contributed by atoms with E-state index in [9.17, 15) is 33.6 Å². The smallest absolute Gasteiger partial charge is 0.407 e. The summed E-state index contributed by atoms with van der Waals surface area (Å²) in [4.78, 5) is 86.1. The van der Waals surface area contributed by atoms with Gasteiger partial charge in [0.15, 0.2) is 0 Å². The molecule has 0 radical (unpaired) electrons. The zero-order valence-electron chi connectivity index (χ0n) is 28.5. The minimum atomic E-state index is -0.905. The van der Waals surface area contributed by atoms with Gasteiger partial charge in [-0.2, -0.15) is 0 Å². The van der Waals surface area contributed by atoms with Crippen LogP contribution >= 0.6 is 0 Å². The fraction of sp³-hybridized carbons (Fsp3) is 0.545. The van der Waals surface area contributed by atoms with Gasteiger partial charge < -0.3 is 36.1 Å². The van der Waals surface area contributed by atoms with Crippen LogP contribution in [0.5, 0.6) is 0 Å². The summed E-state index contributed by atoms with van der Waals surface area (Å²) in [5, 5.41) is 13.1. The molecule has 48 heavy (non-hydrogen) atoms. The van der Waals surface area contributed by atoms with Gasteiger partial charge in [-0.05, 0) is 64.2 Å². The number of carbonyl (C=O) groups is 7. The van der Waals surface area contributed by atoms with Crippen LogP contribution in [-0.4, -0.2) is 83.9 Å². The quantitative estimate of drug-likeness (QED) is 0.122. The van der Waals surface area contributed by atoms with Crippen LogP contribution in [0.2, 0.25) is 0 Å². The number of alkyl carbamates (subject to hydrolysis) is 2. The maximum absolute atomic E-state index is 13.0. The second-order valence-electron chi connectivity index (χ2n) is 12.6. The largest absolute Gasteiger partial charge is 0.445 e.